The fourth-order valence-corrected chi connectivity index (χ4v) is 3.94. The maximum Gasteiger partial charge on any atom is 0.313 e. The minimum Gasteiger partial charge on any atom is -0.469 e. The first kappa shape index (κ1) is 22.0. The van der Waals surface area contributed by atoms with Gasteiger partial charge in [0.15, 0.2) is 0 Å². The van der Waals surface area contributed by atoms with Crippen LogP contribution in [0, 0.1) is 5.82 Å². The van der Waals surface area contributed by atoms with Crippen molar-refractivity contribution < 1.29 is 23.5 Å². The van der Waals surface area contributed by atoms with Crippen LogP contribution >= 0.6 is 23.2 Å². The van der Waals surface area contributed by atoms with Gasteiger partial charge in [-0.2, -0.15) is 0 Å². The number of anilines is 1. The molecule has 1 atom stereocenters. The molecular weight excluding hydrogens is 458 g/mol. The summed E-state index contributed by atoms with van der Waals surface area (Å²) in [5.41, 5.74) is 1.10. The predicted molar refractivity (Wildman–Crippen MR) is 118 cm³/mol. The van der Waals surface area contributed by atoms with Crippen LogP contribution in [0.3, 0.4) is 0 Å². The van der Waals surface area contributed by atoms with E-state index in [2.05, 4.69) is 4.98 Å². The molecule has 9 heteroatoms. The smallest absolute Gasteiger partial charge is 0.313 e. The van der Waals surface area contributed by atoms with Gasteiger partial charge in [0.25, 0.3) is 5.91 Å². The first-order chi connectivity index (χ1) is 15.4. The van der Waals surface area contributed by atoms with E-state index < -0.39 is 17.6 Å². The minimum absolute atomic E-state index is 0.0904. The molecule has 0 spiro atoms. The number of fused-ring (bicyclic) bond motifs is 1. The second-order valence-electron chi connectivity index (χ2n) is 7.06. The summed E-state index contributed by atoms with van der Waals surface area (Å²) in [5.74, 6) is -2.04. The summed E-state index contributed by atoms with van der Waals surface area (Å²) in [5, 5.41) is 0.626. The lowest BCUT2D eigenvalue weighted by Gasteiger charge is -2.33. The van der Waals surface area contributed by atoms with E-state index in [1.807, 2.05) is 0 Å². The van der Waals surface area contributed by atoms with Crippen molar-refractivity contribution in [1.29, 1.82) is 0 Å². The topological polar surface area (TPSA) is 68.7 Å². The number of nitrogens with zero attached hydrogens (tertiary/aromatic N) is 2. The van der Waals surface area contributed by atoms with Crippen LogP contribution in [0.1, 0.15) is 28.3 Å². The molecule has 1 amide bonds. The normalized spacial score (nSPS) is 15.1. The number of carbonyl (C=O) groups is 2. The maximum atomic E-state index is 14.1. The standard InChI is InChI=1S/C23H17Cl2FN2O4/c1-31-23(30)16-8-9-28(19-5-3-2-4-15(16)19)22(29)17-11-14(26)12-27-21(17)32-20-10-13(24)6-7-18(20)25/h2-7,10-12,16H,8-9H2,1H3. The number of halogens is 3. The van der Waals surface area contributed by atoms with E-state index >= 15 is 0 Å². The summed E-state index contributed by atoms with van der Waals surface area (Å²) in [7, 11) is 1.32. The Morgan fingerprint density at radius 3 is 2.72 bits per heavy atom. The lowest BCUT2D eigenvalue weighted by molar-refractivity contribution is -0.142. The van der Waals surface area contributed by atoms with Gasteiger partial charge in [-0.25, -0.2) is 9.37 Å². The van der Waals surface area contributed by atoms with Gasteiger partial charge in [0.1, 0.15) is 17.1 Å². The number of benzene rings is 2. The Morgan fingerprint density at radius 2 is 1.94 bits per heavy atom. The Morgan fingerprint density at radius 1 is 1.16 bits per heavy atom. The Kier molecular flexibility index (Phi) is 6.30. The van der Waals surface area contributed by atoms with Crippen LogP contribution in [0.25, 0.3) is 0 Å². The maximum absolute atomic E-state index is 14.1. The molecular formula is C23H17Cl2FN2O4. The average molecular weight is 475 g/mol. The lowest BCUT2D eigenvalue weighted by Crippen LogP contribution is -2.38. The number of hydrogen-bond acceptors (Lipinski definition) is 5. The Hall–Kier alpha value is -3.16. The highest BCUT2D eigenvalue weighted by molar-refractivity contribution is 6.34. The average Bonchev–Trinajstić information content (AvgIpc) is 2.80. The number of ether oxygens (including phenoxy) is 2. The highest BCUT2D eigenvalue weighted by Crippen LogP contribution is 2.38. The second kappa shape index (κ2) is 9.14. The third-order valence-corrected chi connectivity index (χ3v) is 5.67. The Bertz CT molecular complexity index is 1200. The molecule has 4 rings (SSSR count). The molecule has 1 aliphatic rings. The highest BCUT2D eigenvalue weighted by atomic mass is 35.5. The van der Waals surface area contributed by atoms with Crippen LogP contribution in [0.15, 0.2) is 54.7 Å². The number of methoxy groups -OCH3 is 1. The number of rotatable bonds is 4. The fraction of sp³-hybridized carbons (Fsp3) is 0.174. The molecule has 2 aromatic carbocycles. The van der Waals surface area contributed by atoms with E-state index in [0.29, 0.717) is 22.7 Å². The van der Waals surface area contributed by atoms with Gasteiger partial charge in [-0.1, -0.05) is 41.4 Å². The van der Waals surface area contributed by atoms with E-state index in [-0.39, 0.29) is 34.7 Å². The Labute approximate surface area is 193 Å². The highest BCUT2D eigenvalue weighted by Gasteiger charge is 2.34. The second-order valence-corrected chi connectivity index (χ2v) is 7.91. The van der Waals surface area contributed by atoms with Crippen molar-refractivity contribution in [2.24, 2.45) is 0 Å². The fourth-order valence-electron chi connectivity index (χ4n) is 3.63. The molecule has 1 aromatic heterocycles. The molecule has 0 aliphatic carbocycles. The van der Waals surface area contributed by atoms with Crippen LogP contribution in [-0.4, -0.2) is 30.5 Å². The zero-order valence-electron chi connectivity index (χ0n) is 16.8. The number of amides is 1. The largest absolute Gasteiger partial charge is 0.469 e. The van der Waals surface area contributed by atoms with E-state index in [4.69, 9.17) is 32.7 Å². The first-order valence-electron chi connectivity index (χ1n) is 9.66. The van der Waals surface area contributed by atoms with E-state index in [1.54, 1.807) is 30.3 Å². The van der Waals surface area contributed by atoms with Crippen molar-refractivity contribution in [1.82, 2.24) is 4.98 Å². The Balaban J connectivity index is 1.73. The molecule has 0 saturated carbocycles. The monoisotopic (exact) mass is 474 g/mol. The van der Waals surface area contributed by atoms with Gasteiger partial charge in [0.2, 0.25) is 5.88 Å². The van der Waals surface area contributed by atoms with Crippen LogP contribution in [-0.2, 0) is 9.53 Å². The third-order valence-electron chi connectivity index (χ3n) is 5.12. The van der Waals surface area contributed by atoms with Gasteiger partial charge in [0.05, 0.1) is 24.2 Å². The van der Waals surface area contributed by atoms with Crippen molar-refractivity contribution in [3.63, 3.8) is 0 Å². The first-order valence-corrected chi connectivity index (χ1v) is 10.4. The molecule has 0 saturated heterocycles. The van der Waals surface area contributed by atoms with E-state index in [1.165, 1.54) is 24.1 Å². The summed E-state index contributed by atoms with van der Waals surface area (Å²) in [6.07, 6.45) is 1.30. The molecule has 1 aliphatic heterocycles. The van der Waals surface area contributed by atoms with Gasteiger partial charge in [-0.15, -0.1) is 0 Å². The number of pyridine rings is 1. The van der Waals surface area contributed by atoms with Gasteiger partial charge in [-0.05, 0) is 36.2 Å². The van der Waals surface area contributed by atoms with Crippen LogP contribution < -0.4 is 9.64 Å². The molecule has 0 radical (unpaired) electrons. The van der Waals surface area contributed by atoms with Gasteiger partial charge in [0, 0.05) is 23.3 Å². The van der Waals surface area contributed by atoms with Gasteiger partial charge in [-0.3, -0.25) is 9.59 Å². The molecule has 3 aromatic rings. The SMILES string of the molecule is COC(=O)C1CCN(C(=O)c2cc(F)cnc2Oc2cc(Cl)ccc2Cl)c2ccccc21. The summed E-state index contributed by atoms with van der Waals surface area (Å²) in [4.78, 5) is 31.1. The zero-order chi connectivity index (χ0) is 22.8. The molecule has 164 valence electrons. The minimum atomic E-state index is -0.698. The summed E-state index contributed by atoms with van der Waals surface area (Å²) in [6.45, 7) is 0.226. The molecule has 2 heterocycles. The molecule has 32 heavy (non-hydrogen) atoms. The number of aromatic nitrogens is 1. The van der Waals surface area contributed by atoms with Crippen LogP contribution in [0.4, 0.5) is 10.1 Å². The number of para-hydroxylation sites is 1. The number of hydrogen-bond donors (Lipinski definition) is 0. The number of carbonyl (C=O) groups excluding carboxylic acids is 2. The molecule has 0 N–H and O–H groups in total. The van der Waals surface area contributed by atoms with E-state index in [0.717, 1.165) is 12.3 Å². The third kappa shape index (κ3) is 4.26. The van der Waals surface area contributed by atoms with Crippen molar-refractivity contribution in [2.45, 2.75) is 12.3 Å². The molecule has 6 nitrogen and oxygen atoms in total. The zero-order valence-corrected chi connectivity index (χ0v) is 18.4. The van der Waals surface area contributed by atoms with Crippen molar-refractivity contribution >= 4 is 40.8 Å². The van der Waals surface area contributed by atoms with Gasteiger partial charge >= 0.3 is 5.97 Å². The van der Waals surface area contributed by atoms with Crippen molar-refractivity contribution in [3.05, 3.63) is 81.7 Å². The quantitative estimate of drug-likeness (QED) is 0.458. The molecule has 0 fully saturated rings. The summed E-state index contributed by atoms with van der Waals surface area (Å²) < 4.78 is 24.7. The molecule has 1 unspecified atom stereocenters. The summed E-state index contributed by atoms with van der Waals surface area (Å²) in [6, 6.07) is 12.7. The van der Waals surface area contributed by atoms with Crippen LogP contribution in [0.5, 0.6) is 11.6 Å². The van der Waals surface area contributed by atoms with Crippen LogP contribution in [0.2, 0.25) is 10.0 Å². The summed E-state index contributed by atoms with van der Waals surface area (Å²) >= 11 is 12.2. The predicted octanol–water partition coefficient (Wildman–Crippen LogP) is 5.63. The lowest BCUT2D eigenvalue weighted by atomic mass is 9.89. The molecule has 0 bridgehead atoms. The van der Waals surface area contributed by atoms with Crippen molar-refractivity contribution in [3.8, 4) is 11.6 Å². The van der Waals surface area contributed by atoms with E-state index in [9.17, 15) is 14.0 Å². The number of esters is 1. The van der Waals surface area contributed by atoms with Crippen molar-refractivity contribution in [2.75, 3.05) is 18.6 Å². The van der Waals surface area contributed by atoms with Gasteiger partial charge < -0.3 is 14.4 Å².